The first-order chi connectivity index (χ1) is 15.2. The van der Waals surface area contributed by atoms with Crippen molar-refractivity contribution in [2.75, 3.05) is 5.32 Å². The average molecular weight is 476 g/mol. The second-order valence-corrected chi connectivity index (χ2v) is 9.00. The zero-order chi connectivity index (χ0) is 20.9. The van der Waals surface area contributed by atoms with Crippen LogP contribution in [0.25, 0.3) is 22.5 Å². The molecular weight excluding hydrogens is 457 g/mol. The van der Waals surface area contributed by atoms with E-state index < -0.39 is 0 Å². The number of aromatic nitrogens is 4. The van der Waals surface area contributed by atoms with Crippen LogP contribution in [-0.4, -0.2) is 25.6 Å². The Bertz CT molecular complexity index is 1360. The van der Waals surface area contributed by atoms with Gasteiger partial charge in [0, 0.05) is 23.9 Å². The van der Waals surface area contributed by atoms with Crippen molar-refractivity contribution >= 4 is 33.0 Å². The van der Waals surface area contributed by atoms with E-state index >= 15 is 0 Å². The number of hydrogen-bond donors (Lipinski definition) is 1. The maximum atomic E-state index is 13.8. The van der Waals surface area contributed by atoms with Crippen molar-refractivity contribution in [1.82, 2.24) is 19.6 Å². The molecule has 0 saturated carbocycles. The lowest BCUT2D eigenvalue weighted by molar-refractivity contribution is 0.622. The first-order valence-electron chi connectivity index (χ1n) is 10.4. The smallest absolute Gasteiger partial charge is 0.172 e. The van der Waals surface area contributed by atoms with E-state index in [9.17, 15) is 4.39 Å². The fourth-order valence-corrected chi connectivity index (χ4v) is 5.11. The molecule has 0 fully saturated rings. The number of rotatable bonds is 3. The molecule has 4 aromatic rings. The van der Waals surface area contributed by atoms with Crippen LogP contribution in [0.5, 0.6) is 0 Å². The van der Waals surface area contributed by atoms with E-state index in [4.69, 9.17) is 0 Å². The van der Waals surface area contributed by atoms with Crippen LogP contribution in [0, 0.1) is 5.82 Å². The summed E-state index contributed by atoms with van der Waals surface area (Å²) in [4.78, 5) is 8.66. The van der Waals surface area contributed by atoms with Crippen LogP contribution in [-0.2, 0) is 6.42 Å². The van der Waals surface area contributed by atoms with Crippen LogP contribution >= 0.6 is 15.9 Å². The monoisotopic (exact) mass is 475 g/mol. The molecule has 0 bridgehead atoms. The number of anilines is 1. The summed E-state index contributed by atoms with van der Waals surface area (Å²) in [7, 11) is 0. The fraction of sp³-hybridized carbons (Fsp3) is 0.208. The summed E-state index contributed by atoms with van der Waals surface area (Å²) < 4.78 is 16.4. The Hall–Kier alpha value is -3.06. The van der Waals surface area contributed by atoms with Crippen molar-refractivity contribution < 1.29 is 4.39 Å². The minimum atomic E-state index is -0.382. The van der Waals surface area contributed by atoms with E-state index in [0.717, 1.165) is 36.0 Å². The molecule has 0 unspecified atom stereocenters. The topological polar surface area (TPSA) is 55.1 Å². The standard InChI is InChI=1S/C24H19BrFN5/c25-21-13-28-31-23(10-22(30-24(21)31)16-8-17(26)12-27-11-16)29-18-6-5-15-7-14-3-1-2-4-19(14)20(15)9-18/h1-4,8,10-13,18,29H,5-7,9H2/t18-/m1/s1. The summed E-state index contributed by atoms with van der Waals surface area (Å²) >= 11 is 3.53. The van der Waals surface area contributed by atoms with Gasteiger partial charge in [0.25, 0.3) is 0 Å². The molecule has 0 spiro atoms. The molecule has 3 aromatic heterocycles. The fourth-order valence-electron chi connectivity index (χ4n) is 4.76. The molecule has 5 nitrogen and oxygen atoms in total. The molecule has 0 saturated heterocycles. The highest BCUT2D eigenvalue weighted by atomic mass is 79.9. The van der Waals surface area contributed by atoms with Crippen molar-refractivity contribution in [2.24, 2.45) is 0 Å². The Balaban J connectivity index is 1.36. The van der Waals surface area contributed by atoms with Gasteiger partial charge in [-0.25, -0.2) is 9.37 Å². The molecule has 0 aliphatic heterocycles. The average Bonchev–Trinajstić information content (AvgIpc) is 3.34. The molecule has 0 radical (unpaired) electrons. The maximum absolute atomic E-state index is 13.8. The van der Waals surface area contributed by atoms with Gasteiger partial charge < -0.3 is 5.32 Å². The minimum Gasteiger partial charge on any atom is -0.367 e. The molecule has 154 valence electrons. The number of fused-ring (bicyclic) bond motifs is 3. The van der Waals surface area contributed by atoms with Gasteiger partial charge in [0.2, 0.25) is 0 Å². The zero-order valence-corrected chi connectivity index (χ0v) is 18.2. The van der Waals surface area contributed by atoms with E-state index in [1.165, 1.54) is 29.0 Å². The second-order valence-electron chi connectivity index (χ2n) is 8.15. The molecule has 2 aliphatic rings. The normalized spacial score (nSPS) is 17.7. The summed E-state index contributed by atoms with van der Waals surface area (Å²) in [5.41, 5.74) is 7.88. The summed E-state index contributed by atoms with van der Waals surface area (Å²) in [6, 6.07) is 12.4. The first-order valence-corrected chi connectivity index (χ1v) is 11.2. The first kappa shape index (κ1) is 18.7. The number of pyridine rings is 1. The van der Waals surface area contributed by atoms with Crippen LogP contribution in [0.2, 0.25) is 0 Å². The van der Waals surface area contributed by atoms with Crippen molar-refractivity contribution in [3.63, 3.8) is 0 Å². The van der Waals surface area contributed by atoms with Crippen molar-refractivity contribution in [3.8, 4) is 11.3 Å². The van der Waals surface area contributed by atoms with Gasteiger partial charge >= 0.3 is 0 Å². The van der Waals surface area contributed by atoms with Crippen LogP contribution in [0.4, 0.5) is 10.2 Å². The molecule has 7 heteroatoms. The van der Waals surface area contributed by atoms with Crippen molar-refractivity contribution in [2.45, 2.75) is 31.7 Å². The molecule has 1 N–H and O–H groups in total. The van der Waals surface area contributed by atoms with Crippen LogP contribution < -0.4 is 5.32 Å². The third-order valence-corrected chi connectivity index (χ3v) is 6.76. The SMILES string of the molecule is Fc1cncc(-c2cc(N[C@@H]3CCC4=C(C3)c3ccccc3C4)n3ncc(Br)c3n2)c1. The van der Waals surface area contributed by atoms with Gasteiger partial charge in [-0.2, -0.15) is 9.61 Å². The van der Waals surface area contributed by atoms with Gasteiger partial charge in [-0.1, -0.05) is 29.8 Å². The lowest BCUT2D eigenvalue weighted by Gasteiger charge is -2.26. The number of allylic oxidation sites excluding steroid dienone is 1. The predicted molar refractivity (Wildman–Crippen MR) is 122 cm³/mol. The van der Waals surface area contributed by atoms with Gasteiger partial charge in [0.15, 0.2) is 5.65 Å². The Kier molecular flexibility index (Phi) is 4.38. The third-order valence-electron chi connectivity index (χ3n) is 6.20. The van der Waals surface area contributed by atoms with E-state index in [1.807, 2.05) is 6.07 Å². The number of nitrogens with one attached hydrogen (secondary N) is 1. The highest BCUT2D eigenvalue weighted by Crippen LogP contribution is 2.42. The Morgan fingerprint density at radius 3 is 2.94 bits per heavy atom. The molecule has 1 atom stereocenters. The van der Waals surface area contributed by atoms with Gasteiger partial charge in [-0.05, 0) is 64.4 Å². The zero-order valence-electron chi connectivity index (χ0n) is 16.6. The van der Waals surface area contributed by atoms with Gasteiger partial charge in [0.05, 0.1) is 22.6 Å². The van der Waals surface area contributed by atoms with Crippen LogP contribution in [0.1, 0.15) is 30.4 Å². The van der Waals surface area contributed by atoms with E-state index in [-0.39, 0.29) is 11.9 Å². The van der Waals surface area contributed by atoms with Crippen molar-refractivity contribution in [3.05, 3.63) is 82.0 Å². The lowest BCUT2D eigenvalue weighted by atomic mass is 9.88. The van der Waals surface area contributed by atoms with E-state index in [2.05, 4.69) is 60.6 Å². The van der Waals surface area contributed by atoms with Gasteiger partial charge in [0.1, 0.15) is 11.6 Å². The molecule has 6 rings (SSSR count). The molecule has 2 aliphatic carbocycles. The van der Waals surface area contributed by atoms with E-state index in [0.29, 0.717) is 16.9 Å². The number of nitrogens with zero attached hydrogens (tertiary/aromatic N) is 4. The maximum Gasteiger partial charge on any atom is 0.172 e. The van der Waals surface area contributed by atoms with Crippen molar-refractivity contribution in [1.29, 1.82) is 0 Å². The molecule has 3 heterocycles. The van der Waals surface area contributed by atoms with E-state index in [1.54, 1.807) is 22.5 Å². The highest BCUT2D eigenvalue weighted by molar-refractivity contribution is 9.10. The van der Waals surface area contributed by atoms with Gasteiger partial charge in [-0.3, -0.25) is 4.98 Å². The van der Waals surface area contributed by atoms with Crippen LogP contribution in [0.3, 0.4) is 0 Å². The quantitative estimate of drug-likeness (QED) is 0.414. The third kappa shape index (κ3) is 3.24. The molecular formula is C24H19BrFN5. The molecule has 0 amide bonds. The molecule has 1 aromatic carbocycles. The van der Waals surface area contributed by atoms with Crippen LogP contribution in [0.15, 0.2) is 65.0 Å². The predicted octanol–water partition coefficient (Wildman–Crippen LogP) is 5.67. The van der Waals surface area contributed by atoms with Gasteiger partial charge in [-0.15, -0.1) is 0 Å². The summed E-state index contributed by atoms with van der Waals surface area (Å²) in [5.74, 6) is 0.461. The largest absolute Gasteiger partial charge is 0.367 e. The second kappa shape index (κ2) is 7.27. The number of benzene rings is 1. The number of halogens is 2. The molecule has 31 heavy (non-hydrogen) atoms. The summed E-state index contributed by atoms with van der Waals surface area (Å²) in [6.45, 7) is 0. The summed E-state index contributed by atoms with van der Waals surface area (Å²) in [6.07, 6.45) is 8.78. The lowest BCUT2D eigenvalue weighted by Crippen LogP contribution is -2.24. The Morgan fingerprint density at radius 1 is 1.13 bits per heavy atom. The Labute approximate surface area is 187 Å². The highest BCUT2D eigenvalue weighted by Gasteiger charge is 2.28. The minimum absolute atomic E-state index is 0.289. The Morgan fingerprint density at radius 2 is 2.03 bits per heavy atom. The summed E-state index contributed by atoms with van der Waals surface area (Å²) in [5, 5.41) is 8.18. The number of hydrogen-bond acceptors (Lipinski definition) is 4.